The predicted octanol–water partition coefficient (Wildman–Crippen LogP) is 1.69. The van der Waals surface area contributed by atoms with Crippen LogP contribution in [0.2, 0.25) is 0 Å². The van der Waals surface area contributed by atoms with E-state index in [2.05, 4.69) is 26.8 Å². The highest BCUT2D eigenvalue weighted by Crippen LogP contribution is 2.17. The number of likely N-dealkylation sites (tertiary alicyclic amines) is 1. The normalized spacial score (nSPS) is 16.1. The van der Waals surface area contributed by atoms with Crippen molar-refractivity contribution in [3.63, 3.8) is 0 Å². The maximum Gasteiger partial charge on any atom is 0.255 e. The molecule has 31 heavy (non-hydrogen) atoms. The quantitative estimate of drug-likeness (QED) is 0.696. The van der Waals surface area contributed by atoms with E-state index in [1.165, 1.54) is 0 Å². The molecule has 0 unspecified atom stereocenters. The zero-order valence-electron chi connectivity index (χ0n) is 18.7. The third kappa shape index (κ3) is 5.32. The van der Waals surface area contributed by atoms with E-state index in [4.69, 9.17) is 5.26 Å². The Hall–Kier alpha value is -2.70. The topological polar surface area (TPSA) is 115 Å². The molecule has 168 valence electrons. The van der Waals surface area contributed by atoms with Crippen LogP contribution in [-0.2, 0) is 4.79 Å². The van der Waals surface area contributed by atoms with E-state index in [0.717, 1.165) is 29.9 Å². The molecule has 10 heteroatoms. The largest absolute Gasteiger partial charge is 0.350 e. The van der Waals surface area contributed by atoms with Gasteiger partial charge in [-0.1, -0.05) is 0 Å². The van der Waals surface area contributed by atoms with Crippen LogP contribution in [0.25, 0.3) is 5.65 Å². The molecule has 2 aromatic heterocycles. The zero-order chi connectivity index (χ0) is 22.1. The number of carbonyl (C=O) groups excluding carboxylic acids is 2. The van der Waals surface area contributed by atoms with Crippen molar-refractivity contribution in [2.24, 2.45) is 0 Å². The lowest BCUT2D eigenvalue weighted by atomic mass is 10.0. The first-order valence-corrected chi connectivity index (χ1v) is 10.2. The van der Waals surface area contributed by atoms with Gasteiger partial charge < -0.3 is 15.5 Å². The van der Waals surface area contributed by atoms with Gasteiger partial charge in [-0.2, -0.15) is 10.4 Å². The first-order valence-electron chi connectivity index (χ1n) is 10.2. The predicted molar refractivity (Wildman–Crippen MR) is 119 cm³/mol. The van der Waals surface area contributed by atoms with Gasteiger partial charge in [-0.25, -0.2) is 9.50 Å². The van der Waals surface area contributed by atoms with Crippen LogP contribution in [0.5, 0.6) is 0 Å². The van der Waals surface area contributed by atoms with E-state index in [9.17, 15) is 9.59 Å². The van der Waals surface area contributed by atoms with Crippen molar-refractivity contribution in [2.45, 2.75) is 59.0 Å². The smallest absolute Gasteiger partial charge is 0.255 e. The molecule has 1 fully saturated rings. The van der Waals surface area contributed by atoms with Crippen molar-refractivity contribution in [2.75, 3.05) is 19.6 Å². The molecule has 1 aliphatic heterocycles. The second kappa shape index (κ2) is 9.62. The second-order valence-electron chi connectivity index (χ2n) is 8.51. The fourth-order valence-electron chi connectivity index (χ4n) is 3.80. The minimum Gasteiger partial charge on any atom is -0.350 e. The van der Waals surface area contributed by atoms with E-state index < -0.39 is 5.54 Å². The van der Waals surface area contributed by atoms with Gasteiger partial charge in [0, 0.05) is 24.7 Å². The van der Waals surface area contributed by atoms with E-state index in [-0.39, 0.29) is 36.8 Å². The van der Waals surface area contributed by atoms with Crippen molar-refractivity contribution < 1.29 is 9.59 Å². The standard InChI is InChI=1S/C21H29N7O2.ClH/c1-13-9-17-25-14(2)19(15(3)28(17)26-13)20(30)23-12-21(4,5)24-11-18(29)27-8-6-7-16(27)10-22;/h9,16,24H,6-8,11-12H2,1-5H3,(H,23,30);1H/t16-;/m0./s1. The molecule has 2 aromatic rings. The molecule has 2 N–H and O–H groups in total. The third-order valence-corrected chi connectivity index (χ3v) is 5.49. The Morgan fingerprint density at radius 1 is 1.32 bits per heavy atom. The van der Waals surface area contributed by atoms with Crippen LogP contribution in [0.4, 0.5) is 0 Å². The monoisotopic (exact) mass is 447 g/mol. The number of hydrogen-bond donors (Lipinski definition) is 2. The number of nitrogens with zero attached hydrogens (tertiary/aromatic N) is 5. The SMILES string of the molecule is Cc1cc2nc(C)c(C(=O)NCC(C)(C)NCC(=O)N3CCC[C@H]3C#N)c(C)n2n1.Cl. The number of aryl methyl sites for hydroxylation is 3. The molecular weight excluding hydrogens is 418 g/mol. The zero-order valence-corrected chi connectivity index (χ0v) is 19.5. The summed E-state index contributed by atoms with van der Waals surface area (Å²) in [5.74, 6) is -0.313. The molecule has 9 nitrogen and oxygen atoms in total. The summed E-state index contributed by atoms with van der Waals surface area (Å²) in [6.07, 6.45) is 1.59. The average molecular weight is 448 g/mol. The Morgan fingerprint density at radius 2 is 2.03 bits per heavy atom. The number of hydrogen-bond acceptors (Lipinski definition) is 6. The fraction of sp³-hybridized carbons (Fsp3) is 0.571. The molecule has 2 amide bonds. The van der Waals surface area contributed by atoms with E-state index >= 15 is 0 Å². The van der Waals surface area contributed by atoms with Crippen molar-refractivity contribution in [3.05, 3.63) is 28.7 Å². The Bertz CT molecular complexity index is 1020. The minimum absolute atomic E-state index is 0. The molecule has 0 aliphatic carbocycles. The second-order valence-corrected chi connectivity index (χ2v) is 8.51. The van der Waals surface area contributed by atoms with Crippen LogP contribution in [0.1, 0.15) is 54.1 Å². The highest BCUT2D eigenvalue weighted by molar-refractivity contribution is 5.96. The van der Waals surface area contributed by atoms with Crippen LogP contribution >= 0.6 is 12.4 Å². The van der Waals surface area contributed by atoms with Gasteiger partial charge in [0.1, 0.15) is 6.04 Å². The van der Waals surface area contributed by atoms with Gasteiger partial charge in [-0.3, -0.25) is 9.59 Å². The average Bonchev–Trinajstić information content (AvgIpc) is 3.30. The van der Waals surface area contributed by atoms with Crippen molar-refractivity contribution in [3.8, 4) is 6.07 Å². The molecule has 0 aromatic carbocycles. The number of fused-ring (bicyclic) bond motifs is 1. The molecular formula is C21H30ClN7O2. The summed E-state index contributed by atoms with van der Waals surface area (Å²) in [5, 5.41) is 19.7. The fourth-order valence-corrected chi connectivity index (χ4v) is 3.80. The third-order valence-electron chi connectivity index (χ3n) is 5.49. The first-order chi connectivity index (χ1) is 14.1. The van der Waals surface area contributed by atoms with Gasteiger partial charge in [0.05, 0.1) is 35.3 Å². The van der Waals surface area contributed by atoms with Gasteiger partial charge in [0.15, 0.2) is 5.65 Å². The summed E-state index contributed by atoms with van der Waals surface area (Å²) >= 11 is 0. The lowest BCUT2D eigenvalue weighted by molar-refractivity contribution is -0.130. The number of nitrogens with one attached hydrogen (secondary N) is 2. The van der Waals surface area contributed by atoms with Gasteiger partial charge >= 0.3 is 0 Å². The highest BCUT2D eigenvalue weighted by atomic mass is 35.5. The molecule has 0 radical (unpaired) electrons. The summed E-state index contributed by atoms with van der Waals surface area (Å²) in [6.45, 7) is 10.5. The number of carbonyl (C=O) groups is 2. The number of nitriles is 1. The van der Waals surface area contributed by atoms with Crippen LogP contribution in [0.3, 0.4) is 0 Å². The van der Waals surface area contributed by atoms with E-state index in [0.29, 0.717) is 24.3 Å². The Labute approximate surface area is 188 Å². The molecule has 3 rings (SSSR count). The molecule has 1 saturated heterocycles. The van der Waals surface area contributed by atoms with E-state index in [1.54, 1.807) is 9.42 Å². The van der Waals surface area contributed by atoms with Crippen LogP contribution in [-0.4, -0.2) is 62.5 Å². The summed E-state index contributed by atoms with van der Waals surface area (Å²) in [6, 6.07) is 3.73. The number of aromatic nitrogens is 3. The molecule has 0 saturated carbocycles. The molecule has 1 atom stereocenters. The van der Waals surface area contributed by atoms with E-state index in [1.807, 2.05) is 40.7 Å². The van der Waals surface area contributed by atoms with Gasteiger partial charge in [0.2, 0.25) is 5.91 Å². The number of halogens is 1. The van der Waals surface area contributed by atoms with Crippen molar-refractivity contribution in [1.29, 1.82) is 5.26 Å². The number of amides is 2. The molecule has 0 spiro atoms. The Kier molecular flexibility index (Phi) is 7.63. The summed E-state index contributed by atoms with van der Waals surface area (Å²) in [5.41, 5.74) is 2.95. The van der Waals surface area contributed by atoms with Crippen molar-refractivity contribution >= 4 is 29.9 Å². The lowest BCUT2D eigenvalue weighted by Gasteiger charge is -2.28. The first kappa shape index (κ1) is 24.6. The minimum atomic E-state index is -0.505. The molecule has 1 aliphatic rings. The molecule has 3 heterocycles. The van der Waals surface area contributed by atoms with Gasteiger partial charge in [0.25, 0.3) is 5.91 Å². The number of rotatable bonds is 6. The van der Waals surface area contributed by atoms with Gasteiger partial charge in [-0.05, 0) is 47.5 Å². The molecule has 0 bridgehead atoms. The summed E-state index contributed by atoms with van der Waals surface area (Å²) in [4.78, 5) is 31.4. The van der Waals surface area contributed by atoms with Crippen molar-refractivity contribution in [1.82, 2.24) is 30.1 Å². The Morgan fingerprint density at radius 3 is 2.71 bits per heavy atom. The lowest BCUT2D eigenvalue weighted by Crippen LogP contribution is -2.53. The maximum absolute atomic E-state index is 12.9. The Balaban J connectivity index is 0.00000341. The maximum atomic E-state index is 12.9. The summed E-state index contributed by atoms with van der Waals surface area (Å²) in [7, 11) is 0. The highest BCUT2D eigenvalue weighted by Gasteiger charge is 2.29. The van der Waals surface area contributed by atoms with Crippen LogP contribution < -0.4 is 10.6 Å². The van der Waals surface area contributed by atoms with Gasteiger partial charge in [-0.15, -0.1) is 12.4 Å². The summed E-state index contributed by atoms with van der Waals surface area (Å²) < 4.78 is 1.68. The van der Waals surface area contributed by atoms with Crippen LogP contribution in [0.15, 0.2) is 6.07 Å². The van der Waals surface area contributed by atoms with Crippen LogP contribution in [0, 0.1) is 32.1 Å².